The molecule has 0 aliphatic carbocycles. The lowest BCUT2D eigenvalue weighted by molar-refractivity contribution is 0.483. The average Bonchev–Trinajstić information content (AvgIpc) is 2.88. The second kappa shape index (κ2) is 6.02. The molecule has 0 aliphatic heterocycles. The van der Waals surface area contributed by atoms with Crippen molar-refractivity contribution in [2.75, 3.05) is 7.05 Å². The van der Waals surface area contributed by atoms with Crippen molar-refractivity contribution in [1.82, 2.24) is 15.1 Å². The molecule has 98 valence electrons. The van der Waals surface area contributed by atoms with Gasteiger partial charge in [0.15, 0.2) is 0 Å². The Morgan fingerprint density at radius 3 is 2.72 bits per heavy atom. The zero-order valence-corrected chi connectivity index (χ0v) is 15.0. The molecule has 1 atom stereocenters. The minimum atomic E-state index is 0.170. The number of thiophene rings is 1. The van der Waals surface area contributed by atoms with Gasteiger partial charge in [0.2, 0.25) is 0 Å². The summed E-state index contributed by atoms with van der Waals surface area (Å²) in [5, 5.41) is 10.0. The Hall–Kier alpha value is 0.0800. The van der Waals surface area contributed by atoms with Gasteiger partial charge in [-0.25, -0.2) is 0 Å². The molecule has 6 heteroatoms. The largest absolute Gasteiger partial charge is 0.308 e. The lowest BCUT2D eigenvalue weighted by Gasteiger charge is -2.20. The van der Waals surface area contributed by atoms with Crippen LogP contribution in [-0.2, 0) is 0 Å². The maximum absolute atomic E-state index is 4.45. The first-order valence-electron chi connectivity index (χ1n) is 5.68. The van der Waals surface area contributed by atoms with E-state index in [1.165, 1.54) is 14.1 Å². The summed E-state index contributed by atoms with van der Waals surface area (Å²) in [6.07, 6.45) is 1.87. The summed E-state index contributed by atoms with van der Waals surface area (Å²) in [5.74, 6) is 0. The lowest BCUT2D eigenvalue weighted by atomic mass is 10.1. The van der Waals surface area contributed by atoms with Crippen molar-refractivity contribution in [3.8, 4) is 0 Å². The van der Waals surface area contributed by atoms with E-state index >= 15 is 0 Å². The van der Waals surface area contributed by atoms with Crippen LogP contribution in [0, 0.1) is 2.88 Å². The van der Waals surface area contributed by atoms with Gasteiger partial charge < -0.3 is 5.32 Å². The summed E-state index contributed by atoms with van der Waals surface area (Å²) in [5.41, 5.74) is 2.47. The van der Waals surface area contributed by atoms with Crippen LogP contribution in [-0.4, -0.2) is 16.8 Å². The van der Waals surface area contributed by atoms with Crippen LogP contribution in [0.3, 0.4) is 0 Å². The fraction of sp³-hybridized carbons (Fsp3) is 0.417. The van der Waals surface area contributed by atoms with Crippen LogP contribution in [0.5, 0.6) is 0 Å². The molecule has 2 aromatic rings. The number of hydrogen-bond donors (Lipinski definition) is 1. The summed E-state index contributed by atoms with van der Waals surface area (Å²) < 4.78 is 4.42. The van der Waals surface area contributed by atoms with E-state index in [-0.39, 0.29) is 6.04 Å². The molecular weight excluding hydrogens is 425 g/mol. The van der Waals surface area contributed by atoms with Crippen molar-refractivity contribution in [2.45, 2.75) is 25.9 Å². The van der Waals surface area contributed by atoms with Crippen LogP contribution >= 0.6 is 49.9 Å². The molecule has 0 aromatic carbocycles. The maximum Gasteiger partial charge on any atom is 0.0766 e. The SMILES string of the molecule is CNC(c1csc(I)c1)c1c(Br)cnn1C(C)C. The van der Waals surface area contributed by atoms with Crippen LogP contribution < -0.4 is 5.32 Å². The summed E-state index contributed by atoms with van der Waals surface area (Å²) in [6, 6.07) is 2.74. The zero-order valence-electron chi connectivity index (χ0n) is 10.4. The van der Waals surface area contributed by atoms with Gasteiger partial charge in [0.25, 0.3) is 0 Å². The van der Waals surface area contributed by atoms with Crippen LogP contribution in [0.1, 0.15) is 37.2 Å². The van der Waals surface area contributed by atoms with Gasteiger partial charge in [0, 0.05) is 6.04 Å². The Morgan fingerprint density at radius 1 is 1.50 bits per heavy atom. The molecule has 2 rings (SSSR count). The van der Waals surface area contributed by atoms with E-state index in [2.05, 4.69) is 78.9 Å². The Balaban J connectivity index is 2.47. The number of nitrogens with one attached hydrogen (secondary N) is 1. The molecule has 18 heavy (non-hydrogen) atoms. The Labute approximate surface area is 133 Å². The second-order valence-electron chi connectivity index (χ2n) is 4.32. The highest BCUT2D eigenvalue weighted by Gasteiger charge is 2.22. The average molecular weight is 440 g/mol. The zero-order chi connectivity index (χ0) is 13.3. The molecule has 0 amide bonds. The third-order valence-corrected chi connectivity index (χ3v) is 5.18. The Bertz CT molecular complexity index is 535. The third kappa shape index (κ3) is 2.81. The van der Waals surface area contributed by atoms with Crippen molar-refractivity contribution < 1.29 is 0 Å². The van der Waals surface area contributed by atoms with Gasteiger partial charge in [0.05, 0.1) is 25.3 Å². The van der Waals surface area contributed by atoms with E-state index < -0.39 is 0 Å². The normalized spacial score (nSPS) is 13.2. The number of rotatable bonds is 4. The van der Waals surface area contributed by atoms with E-state index in [1.807, 2.05) is 13.2 Å². The van der Waals surface area contributed by atoms with Gasteiger partial charge in [0.1, 0.15) is 0 Å². The van der Waals surface area contributed by atoms with Crippen molar-refractivity contribution in [2.24, 2.45) is 0 Å². The van der Waals surface area contributed by atoms with Crippen molar-refractivity contribution in [1.29, 1.82) is 0 Å². The monoisotopic (exact) mass is 439 g/mol. The number of hydrogen-bond acceptors (Lipinski definition) is 3. The highest BCUT2D eigenvalue weighted by atomic mass is 127. The lowest BCUT2D eigenvalue weighted by Crippen LogP contribution is -2.22. The molecule has 2 aromatic heterocycles. The number of aromatic nitrogens is 2. The molecule has 0 spiro atoms. The summed E-state index contributed by atoms with van der Waals surface area (Å²) in [6.45, 7) is 4.29. The van der Waals surface area contributed by atoms with Gasteiger partial charge in [-0.3, -0.25) is 4.68 Å². The molecule has 0 saturated heterocycles. The predicted molar refractivity (Wildman–Crippen MR) is 88.3 cm³/mol. The molecule has 3 nitrogen and oxygen atoms in total. The second-order valence-corrected chi connectivity index (χ2v) is 7.98. The van der Waals surface area contributed by atoms with Crippen molar-refractivity contribution in [3.05, 3.63) is 36.3 Å². The first-order chi connectivity index (χ1) is 8.54. The minimum Gasteiger partial charge on any atom is -0.308 e. The summed E-state index contributed by atoms with van der Waals surface area (Å²) in [7, 11) is 1.99. The molecule has 1 unspecified atom stereocenters. The van der Waals surface area contributed by atoms with Crippen molar-refractivity contribution >= 4 is 49.9 Å². The van der Waals surface area contributed by atoms with Crippen LogP contribution in [0.4, 0.5) is 0 Å². The van der Waals surface area contributed by atoms with Gasteiger partial charge in [-0.15, -0.1) is 11.3 Å². The predicted octanol–water partition coefficient (Wildman–Crippen LogP) is 4.20. The molecule has 0 fully saturated rings. The van der Waals surface area contributed by atoms with E-state index in [4.69, 9.17) is 0 Å². The van der Waals surface area contributed by atoms with Crippen LogP contribution in [0.2, 0.25) is 0 Å². The Morgan fingerprint density at radius 2 is 2.22 bits per heavy atom. The standard InChI is InChI=1S/C12H15BrIN3S/c1-7(2)17-12(9(13)5-16-17)11(15-3)8-4-10(14)18-6-8/h4-7,11,15H,1-3H3. The van der Waals surface area contributed by atoms with Gasteiger partial charge in [-0.05, 0) is 76.4 Å². The Kier molecular flexibility index (Phi) is 4.85. The fourth-order valence-electron chi connectivity index (χ4n) is 1.97. The van der Waals surface area contributed by atoms with E-state index in [9.17, 15) is 0 Å². The number of halogens is 2. The van der Waals surface area contributed by atoms with Crippen molar-refractivity contribution in [3.63, 3.8) is 0 Å². The highest BCUT2D eigenvalue weighted by molar-refractivity contribution is 14.1. The molecule has 0 radical (unpaired) electrons. The molecule has 0 saturated carbocycles. The quantitative estimate of drug-likeness (QED) is 0.723. The molecule has 0 bridgehead atoms. The fourth-order valence-corrected chi connectivity index (χ4v) is 3.87. The van der Waals surface area contributed by atoms with E-state index in [1.54, 1.807) is 11.3 Å². The highest BCUT2D eigenvalue weighted by Crippen LogP contribution is 2.32. The van der Waals surface area contributed by atoms with Gasteiger partial charge in [-0.2, -0.15) is 5.10 Å². The van der Waals surface area contributed by atoms with Crippen LogP contribution in [0.25, 0.3) is 0 Å². The van der Waals surface area contributed by atoms with Crippen LogP contribution in [0.15, 0.2) is 22.1 Å². The summed E-state index contributed by atoms with van der Waals surface area (Å²) in [4.78, 5) is 0. The first kappa shape index (κ1) is 14.5. The van der Waals surface area contributed by atoms with E-state index in [0.717, 1.165) is 4.47 Å². The molecular formula is C12H15BrIN3S. The maximum atomic E-state index is 4.45. The van der Waals surface area contributed by atoms with Gasteiger partial charge >= 0.3 is 0 Å². The number of nitrogens with zero attached hydrogens (tertiary/aromatic N) is 2. The first-order valence-corrected chi connectivity index (χ1v) is 8.43. The smallest absolute Gasteiger partial charge is 0.0766 e. The van der Waals surface area contributed by atoms with Gasteiger partial charge in [-0.1, -0.05) is 0 Å². The van der Waals surface area contributed by atoms with E-state index in [0.29, 0.717) is 6.04 Å². The summed E-state index contributed by atoms with van der Waals surface area (Å²) >= 11 is 7.73. The molecule has 1 N–H and O–H groups in total. The molecule has 2 heterocycles. The molecule has 0 aliphatic rings. The third-order valence-electron chi connectivity index (χ3n) is 2.76. The minimum absolute atomic E-state index is 0.170. The topological polar surface area (TPSA) is 29.9 Å².